The predicted octanol–water partition coefficient (Wildman–Crippen LogP) is 4.00. The number of likely N-dealkylation sites (tertiary alicyclic amines) is 1. The Hall–Kier alpha value is -2.40. The van der Waals surface area contributed by atoms with E-state index in [9.17, 15) is 9.18 Å². The molecule has 0 radical (unpaired) electrons. The Balaban J connectivity index is 1.54. The number of methoxy groups -OCH3 is 1. The Bertz CT molecular complexity index is 781. The highest BCUT2D eigenvalue weighted by atomic mass is 19.1. The molecule has 28 heavy (non-hydrogen) atoms. The van der Waals surface area contributed by atoms with Gasteiger partial charge in [-0.2, -0.15) is 0 Å². The SMILES string of the molecule is COc1ccc(C(=O)N(C)[C@H]2CCCN(CCCc3ccccc3)C2)cc1F. The van der Waals surface area contributed by atoms with Gasteiger partial charge in [0.2, 0.25) is 0 Å². The van der Waals surface area contributed by atoms with E-state index < -0.39 is 5.82 Å². The summed E-state index contributed by atoms with van der Waals surface area (Å²) in [5.41, 5.74) is 1.73. The minimum absolute atomic E-state index is 0.141. The first-order valence-electron chi connectivity index (χ1n) is 9.95. The van der Waals surface area contributed by atoms with Gasteiger partial charge in [-0.1, -0.05) is 30.3 Å². The monoisotopic (exact) mass is 384 g/mol. The minimum Gasteiger partial charge on any atom is -0.494 e. The molecule has 0 unspecified atom stereocenters. The summed E-state index contributed by atoms with van der Waals surface area (Å²) in [6.07, 6.45) is 4.24. The Morgan fingerprint density at radius 3 is 2.75 bits per heavy atom. The van der Waals surface area contributed by atoms with E-state index in [1.807, 2.05) is 13.1 Å². The van der Waals surface area contributed by atoms with Crippen LogP contribution in [0.4, 0.5) is 4.39 Å². The zero-order valence-corrected chi connectivity index (χ0v) is 16.7. The molecule has 1 heterocycles. The average Bonchev–Trinajstić information content (AvgIpc) is 2.73. The lowest BCUT2D eigenvalue weighted by atomic mass is 10.0. The lowest BCUT2D eigenvalue weighted by molar-refractivity contribution is 0.0616. The van der Waals surface area contributed by atoms with Crippen molar-refractivity contribution in [3.63, 3.8) is 0 Å². The van der Waals surface area contributed by atoms with E-state index in [0.717, 1.165) is 45.3 Å². The van der Waals surface area contributed by atoms with Gasteiger partial charge in [-0.25, -0.2) is 4.39 Å². The maximum atomic E-state index is 14.0. The number of benzene rings is 2. The van der Waals surface area contributed by atoms with Gasteiger partial charge in [-0.05, 0) is 62.5 Å². The van der Waals surface area contributed by atoms with Crippen LogP contribution < -0.4 is 4.74 Å². The number of halogens is 1. The van der Waals surface area contributed by atoms with Crippen LogP contribution in [0.3, 0.4) is 0 Å². The molecule has 3 rings (SSSR count). The molecule has 0 spiro atoms. The zero-order valence-electron chi connectivity index (χ0n) is 16.7. The van der Waals surface area contributed by atoms with Crippen molar-refractivity contribution in [2.75, 3.05) is 33.8 Å². The molecule has 2 aromatic rings. The number of piperidine rings is 1. The summed E-state index contributed by atoms with van der Waals surface area (Å²) in [6.45, 7) is 2.98. The van der Waals surface area contributed by atoms with Crippen molar-refractivity contribution in [1.82, 2.24) is 9.80 Å². The highest BCUT2D eigenvalue weighted by Gasteiger charge is 2.27. The molecule has 1 aliphatic heterocycles. The molecule has 0 saturated carbocycles. The summed E-state index contributed by atoms with van der Waals surface area (Å²) in [4.78, 5) is 17.0. The highest BCUT2D eigenvalue weighted by molar-refractivity contribution is 5.94. The highest BCUT2D eigenvalue weighted by Crippen LogP contribution is 2.21. The van der Waals surface area contributed by atoms with Gasteiger partial charge in [0, 0.05) is 25.2 Å². The third-order valence-electron chi connectivity index (χ3n) is 5.53. The van der Waals surface area contributed by atoms with Crippen molar-refractivity contribution in [2.24, 2.45) is 0 Å². The van der Waals surface area contributed by atoms with Crippen LogP contribution in [0.1, 0.15) is 35.2 Å². The topological polar surface area (TPSA) is 32.8 Å². The minimum atomic E-state index is -0.507. The van der Waals surface area contributed by atoms with E-state index in [0.29, 0.717) is 5.56 Å². The van der Waals surface area contributed by atoms with Gasteiger partial charge < -0.3 is 14.5 Å². The van der Waals surface area contributed by atoms with Crippen molar-refractivity contribution < 1.29 is 13.9 Å². The molecule has 0 N–H and O–H groups in total. The van der Waals surface area contributed by atoms with Gasteiger partial charge in [-0.15, -0.1) is 0 Å². The summed E-state index contributed by atoms with van der Waals surface area (Å²) >= 11 is 0. The maximum Gasteiger partial charge on any atom is 0.253 e. The number of rotatable bonds is 7. The van der Waals surface area contributed by atoms with E-state index in [4.69, 9.17) is 4.74 Å². The first-order valence-corrected chi connectivity index (χ1v) is 9.95. The lowest BCUT2D eigenvalue weighted by Crippen LogP contribution is -2.48. The van der Waals surface area contributed by atoms with Crippen molar-refractivity contribution in [3.05, 3.63) is 65.5 Å². The second kappa shape index (κ2) is 9.69. The molecule has 2 aromatic carbocycles. The van der Waals surface area contributed by atoms with E-state index in [1.54, 1.807) is 11.0 Å². The molecular weight excluding hydrogens is 355 g/mol. The normalized spacial score (nSPS) is 17.3. The molecule has 0 aliphatic carbocycles. The van der Waals surface area contributed by atoms with Crippen molar-refractivity contribution in [3.8, 4) is 5.75 Å². The fourth-order valence-electron chi connectivity index (χ4n) is 3.87. The van der Waals surface area contributed by atoms with E-state index in [-0.39, 0.29) is 17.7 Å². The van der Waals surface area contributed by atoms with Crippen LogP contribution in [0.15, 0.2) is 48.5 Å². The molecule has 0 aromatic heterocycles. The number of hydrogen-bond acceptors (Lipinski definition) is 3. The summed E-state index contributed by atoms with van der Waals surface area (Å²) in [5, 5.41) is 0. The van der Waals surface area contributed by atoms with E-state index in [2.05, 4.69) is 29.2 Å². The van der Waals surface area contributed by atoms with Crippen molar-refractivity contribution in [2.45, 2.75) is 31.7 Å². The predicted molar refractivity (Wildman–Crippen MR) is 109 cm³/mol. The Labute approximate surface area is 166 Å². The third kappa shape index (κ3) is 5.10. The molecule has 1 saturated heterocycles. The van der Waals surface area contributed by atoms with Gasteiger partial charge in [0.1, 0.15) is 0 Å². The second-order valence-corrected chi connectivity index (χ2v) is 7.45. The summed E-state index contributed by atoms with van der Waals surface area (Å²) in [6, 6.07) is 15.1. The summed E-state index contributed by atoms with van der Waals surface area (Å²) in [7, 11) is 3.24. The van der Waals surface area contributed by atoms with Crippen LogP contribution in [-0.4, -0.2) is 55.5 Å². The smallest absolute Gasteiger partial charge is 0.253 e. The van der Waals surface area contributed by atoms with Crippen LogP contribution in [-0.2, 0) is 6.42 Å². The standard InChI is InChI=1S/C23H29FN2O2/c1-25(23(27)19-12-13-22(28-2)21(24)16-19)20-11-7-15-26(17-20)14-6-10-18-8-4-3-5-9-18/h3-5,8-9,12-13,16,20H,6-7,10-11,14-15,17H2,1-2H3/t20-/m0/s1. The average molecular weight is 384 g/mol. The van der Waals surface area contributed by atoms with E-state index in [1.165, 1.54) is 24.8 Å². The number of carbonyl (C=O) groups is 1. The molecule has 4 nitrogen and oxygen atoms in total. The molecule has 0 bridgehead atoms. The Morgan fingerprint density at radius 2 is 2.04 bits per heavy atom. The van der Waals surface area contributed by atoms with Crippen LogP contribution in [0.2, 0.25) is 0 Å². The summed E-state index contributed by atoms with van der Waals surface area (Å²) in [5.74, 6) is -0.493. The number of ether oxygens (including phenoxy) is 1. The van der Waals surface area contributed by atoms with Gasteiger partial charge >= 0.3 is 0 Å². The van der Waals surface area contributed by atoms with E-state index >= 15 is 0 Å². The van der Waals surface area contributed by atoms with Gasteiger partial charge in [0.05, 0.1) is 7.11 Å². The largest absolute Gasteiger partial charge is 0.494 e. The number of aryl methyl sites for hydroxylation is 1. The van der Waals surface area contributed by atoms with Gasteiger partial charge in [-0.3, -0.25) is 4.79 Å². The molecular formula is C23H29FN2O2. The number of amides is 1. The Kier molecular flexibility index (Phi) is 7.04. The fourth-order valence-corrected chi connectivity index (χ4v) is 3.87. The lowest BCUT2D eigenvalue weighted by Gasteiger charge is -2.37. The van der Waals surface area contributed by atoms with Crippen LogP contribution in [0, 0.1) is 5.82 Å². The molecule has 150 valence electrons. The third-order valence-corrected chi connectivity index (χ3v) is 5.53. The number of likely N-dealkylation sites (N-methyl/N-ethyl adjacent to an activating group) is 1. The van der Waals surface area contributed by atoms with Crippen LogP contribution >= 0.6 is 0 Å². The first-order chi connectivity index (χ1) is 13.6. The van der Waals surface area contributed by atoms with Gasteiger partial charge in [0.15, 0.2) is 11.6 Å². The molecule has 1 atom stereocenters. The van der Waals surface area contributed by atoms with Crippen LogP contribution in [0.5, 0.6) is 5.75 Å². The first kappa shape index (κ1) is 20.3. The number of carbonyl (C=O) groups excluding carboxylic acids is 1. The fraction of sp³-hybridized carbons (Fsp3) is 0.435. The Morgan fingerprint density at radius 1 is 1.25 bits per heavy atom. The number of hydrogen-bond donors (Lipinski definition) is 0. The molecule has 1 aliphatic rings. The molecule has 1 amide bonds. The quantitative estimate of drug-likeness (QED) is 0.723. The van der Waals surface area contributed by atoms with Crippen molar-refractivity contribution >= 4 is 5.91 Å². The van der Waals surface area contributed by atoms with Crippen LogP contribution in [0.25, 0.3) is 0 Å². The summed E-state index contributed by atoms with van der Waals surface area (Å²) < 4.78 is 18.9. The molecule has 1 fully saturated rings. The maximum absolute atomic E-state index is 14.0. The second-order valence-electron chi connectivity index (χ2n) is 7.45. The van der Waals surface area contributed by atoms with Crippen molar-refractivity contribution in [1.29, 1.82) is 0 Å². The zero-order chi connectivity index (χ0) is 19.9. The number of nitrogens with zero attached hydrogens (tertiary/aromatic N) is 2. The molecule has 5 heteroatoms. The van der Waals surface area contributed by atoms with Gasteiger partial charge in [0.25, 0.3) is 5.91 Å².